The zero-order chi connectivity index (χ0) is 23.5. The van der Waals surface area contributed by atoms with Crippen LogP contribution in [0.2, 0.25) is 0 Å². The molecule has 1 fully saturated rings. The van der Waals surface area contributed by atoms with Crippen LogP contribution in [0, 0.1) is 0 Å². The van der Waals surface area contributed by atoms with Crippen molar-refractivity contribution < 1.29 is 22.8 Å². The van der Waals surface area contributed by atoms with Gasteiger partial charge in [-0.3, -0.25) is 14.5 Å². The minimum Gasteiger partial charge on any atom is -0.351 e. The monoisotopic (exact) mass is 554 g/mol. The molecule has 0 aromatic heterocycles. The van der Waals surface area contributed by atoms with Crippen molar-refractivity contribution in [3.8, 4) is 0 Å². The lowest BCUT2D eigenvalue weighted by Crippen LogP contribution is -2.36. The van der Waals surface area contributed by atoms with E-state index in [9.17, 15) is 22.8 Å². The second-order valence-corrected chi connectivity index (χ2v) is 10.6. The molecule has 9 nitrogen and oxygen atoms in total. The average Bonchev–Trinajstić information content (AvgIpc) is 2.96. The van der Waals surface area contributed by atoms with Crippen LogP contribution in [0.1, 0.15) is 5.56 Å². The van der Waals surface area contributed by atoms with Crippen LogP contribution in [0.4, 0.5) is 10.5 Å². The van der Waals surface area contributed by atoms with Crippen molar-refractivity contribution in [3.05, 3.63) is 63.5 Å². The minimum atomic E-state index is -4.09. The van der Waals surface area contributed by atoms with Gasteiger partial charge in [-0.25, -0.2) is 17.9 Å². The molecule has 0 aliphatic carbocycles. The van der Waals surface area contributed by atoms with Gasteiger partial charge in [-0.1, -0.05) is 52.0 Å². The number of hydrogen-bond acceptors (Lipinski definition) is 7. The van der Waals surface area contributed by atoms with Crippen molar-refractivity contribution in [3.63, 3.8) is 0 Å². The molecule has 0 unspecified atom stereocenters. The molecule has 0 saturated carbocycles. The molecule has 0 spiro atoms. The average molecular weight is 555 g/mol. The van der Waals surface area contributed by atoms with Crippen LogP contribution in [0.25, 0.3) is 6.08 Å². The number of rotatable bonds is 6. The van der Waals surface area contributed by atoms with Crippen molar-refractivity contribution in [2.45, 2.75) is 4.90 Å². The van der Waals surface area contributed by atoms with Gasteiger partial charge in [0, 0.05) is 10.2 Å². The number of nitrogens with two attached hydrogens (primary N) is 1. The van der Waals surface area contributed by atoms with Crippen molar-refractivity contribution in [2.75, 3.05) is 11.9 Å². The van der Waals surface area contributed by atoms with Crippen LogP contribution in [-0.4, -0.2) is 42.0 Å². The SMILES string of the molecule is NC(=O)NS(=O)(=O)c1ccc(NC(=O)CN2C(=O)C(=Cc3ccc(Br)cc3)SC2=S)cc1. The Balaban J connectivity index is 1.64. The first kappa shape index (κ1) is 23.9. The number of nitrogens with zero attached hydrogens (tertiary/aromatic N) is 1. The normalized spacial score (nSPS) is 15.2. The number of thiocarbonyl (C=S) groups is 1. The summed E-state index contributed by atoms with van der Waals surface area (Å²) in [7, 11) is -4.09. The number of nitrogens with one attached hydrogen (secondary N) is 2. The van der Waals surface area contributed by atoms with Crippen LogP contribution < -0.4 is 15.8 Å². The maximum Gasteiger partial charge on any atom is 0.326 e. The van der Waals surface area contributed by atoms with Gasteiger partial charge in [-0.15, -0.1) is 0 Å². The van der Waals surface area contributed by atoms with E-state index >= 15 is 0 Å². The molecule has 0 radical (unpaired) electrons. The van der Waals surface area contributed by atoms with E-state index in [-0.39, 0.29) is 21.7 Å². The standard InChI is InChI=1S/C19H15BrN4O5S3/c20-12-3-1-11(2-4-12)9-15-17(26)24(19(30)31-15)10-16(25)22-13-5-7-14(8-6-13)32(28,29)23-18(21)27/h1-9H,10H2,(H,22,25)(H3,21,23,27). The third-order valence-corrected chi connectivity index (χ3v) is 7.30. The lowest BCUT2D eigenvalue weighted by Gasteiger charge is -2.14. The number of benzene rings is 2. The molecule has 3 rings (SSSR count). The minimum absolute atomic E-state index is 0.204. The van der Waals surface area contributed by atoms with Gasteiger partial charge in [0.1, 0.15) is 10.9 Å². The highest BCUT2D eigenvalue weighted by Gasteiger charge is 2.33. The van der Waals surface area contributed by atoms with E-state index in [0.717, 1.165) is 21.8 Å². The molecule has 2 aromatic carbocycles. The number of hydrogen-bond donors (Lipinski definition) is 3. The molecule has 1 saturated heterocycles. The summed E-state index contributed by atoms with van der Waals surface area (Å²) < 4.78 is 26.6. The van der Waals surface area contributed by atoms with E-state index in [1.807, 2.05) is 24.3 Å². The largest absolute Gasteiger partial charge is 0.351 e. The van der Waals surface area contributed by atoms with Crippen LogP contribution >= 0.6 is 39.9 Å². The van der Waals surface area contributed by atoms with E-state index in [4.69, 9.17) is 18.0 Å². The summed E-state index contributed by atoms with van der Waals surface area (Å²) in [6.07, 6.45) is 1.70. The maximum atomic E-state index is 12.7. The summed E-state index contributed by atoms with van der Waals surface area (Å²) in [5, 5.41) is 2.57. The first-order valence-electron chi connectivity index (χ1n) is 8.78. The van der Waals surface area contributed by atoms with Crippen molar-refractivity contribution in [1.82, 2.24) is 9.62 Å². The molecule has 0 atom stereocenters. The Morgan fingerprint density at radius 3 is 2.34 bits per heavy atom. The predicted octanol–water partition coefficient (Wildman–Crippen LogP) is 2.65. The number of primary amides is 1. The Hall–Kier alpha value is -2.74. The van der Waals surface area contributed by atoms with Gasteiger partial charge in [0.25, 0.3) is 15.9 Å². The van der Waals surface area contributed by atoms with E-state index in [0.29, 0.717) is 10.6 Å². The molecule has 1 heterocycles. The van der Waals surface area contributed by atoms with Crippen molar-refractivity contribution in [1.29, 1.82) is 0 Å². The molecule has 32 heavy (non-hydrogen) atoms. The number of anilines is 1. The number of halogens is 1. The zero-order valence-electron chi connectivity index (χ0n) is 16.1. The van der Waals surface area contributed by atoms with Gasteiger partial charge in [-0.05, 0) is 48.0 Å². The summed E-state index contributed by atoms with van der Waals surface area (Å²) >= 11 is 9.69. The van der Waals surface area contributed by atoms with E-state index in [2.05, 4.69) is 21.2 Å². The lowest BCUT2D eigenvalue weighted by atomic mass is 10.2. The molecule has 4 N–H and O–H groups in total. The Morgan fingerprint density at radius 1 is 1.12 bits per heavy atom. The first-order valence-corrected chi connectivity index (χ1v) is 12.3. The van der Waals surface area contributed by atoms with Gasteiger partial charge in [0.05, 0.1) is 9.80 Å². The second kappa shape index (κ2) is 9.81. The number of carbonyl (C=O) groups excluding carboxylic acids is 3. The highest BCUT2D eigenvalue weighted by atomic mass is 79.9. The van der Waals surface area contributed by atoms with Crippen LogP contribution in [0.5, 0.6) is 0 Å². The number of urea groups is 1. The summed E-state index contributed by atoms with van der Waals surface area (Å²) in [6, 6.07) is 11.2. The number of sulfonamides is 1. The topological polar surface area (TPSA) is 139 Å². The summed E-state index contributed by atoms with van der Waals surface area (Å²) in [5.41, 5.74) is 5.95. The quantitative estimate of drug-likeness (QED) is 0.368. The van der Waals surface area contributed by atoms with Crippen LogP contribution in [0.3, 0.4) is 0 Å². The molecule has 166 valence electrons. The summed E-state index contributed by atoms with van der Waals surface area (Å²) in [6.45, 7) is -0.300. The Bertz CT molecular complexity index is 1230. The number of thioether (sulfide) groups is 1. The Labute approximate surface area is 201 Å². The molecule has 1 aliphatic rings. The van der Waals surface area contributed by atoms with Gasteiger partial charge in [-0.2, -0.15) is 0 Å². The van der Waals surface area contributed by atoms with E-state index in [1.54, 1.807) is 10.8 Å². The lowest BCUT2D eigenvalue weighted by molar-refractivity contribution is -0.126. The maximum absolute atomic E-state index is 12.7. The zero-order valence-corrected chi connectivity index (χ0v) is 20.1. The third-order valence-electron chi connectivity index (χ3n) is 4.03. The van der Waals surface area contributed by atoms with E-state index in [1.165, 1.54) is 29.2 Å². The fourth-order valence-electron chi connectivity index (χ4n) is 2.60. The highest BCUT2D eigenvalue weighted by molar-refractivity contribution is 9.10. The molecule has 0 bridgehead atoms. The second-order valence-electron chi connectivity index (χ2n) is 6.36. The van der Waals surface area contributed by atoms with Crippen LogP contribution in [-0.2, 0) is 19.6 Å². The van der Waals surface area contributed by atoms with Crippen LogP contribution in [0.15, 0.2) is 62.8 Å². The van der Waals surface area contributed by atoms with E-state index < -0.39 is 22.0 Å². The third kappa shape index (κ3) is 5.94. The van der Waals surface area contributed by atoms with Crippen molar-refractivity contribution >= 4 is 83.9 Å². The fraction of sp³-hybridized carbons (Fsp3) is 0.0526. The van der Waals surface area contributed by atoms with Gasteiger partial charge in [0.2, 0.25) is 5.91 Å². The molecular weight excluding hydrogens is 540 g/mol. The molecule has 13 heteroatoms. The smallest absolute Gasteiger partial charge is 0.326 e. The Morgan fingerprint density at radius 2 is 1.75 bits per heavy atom. The first-order chi connectivity index (χ1) is 15.0. The van der Waals surface area contributed by atoms with Gasteiger partial charge in [0.15, 0.2) is 0 Å². The van der Waals surface area contributed by atoms with Crippen molar-refractivity contribution in [2.24, 2.45) is 5.73 Å². The number of amides is 4. The molecular formula is C19H15BrN4O5S3. The molecule has 2 aromatic rings. The fourth-order valence-corrected chi connectivity index (χ4v) is 5.00. The summed E-state index contributed by atoms with van der Waals surface area (Å²) in [4.78, 5) is 37.2. The van der Waals surface area contributed by atoms with Gasteiger partial charge < -0.3 is 11.1 Å². The molecule has 1 aliphatic heterocycles. The highest BCUT2D eigenvalue weighted by Crippen LogP contribution is 2.32. The molecule has 4 amide bonds. The number of carbonyl (C=O) groups is 3. The predicted molar refractivity (Wildman–Crippen MR) is 129 cm³/mol. The summed E-state index contributed by atoms with van der Waals surface area (Å²) in [5.74, 6) is -0.894. The van der Waals surface area contributed by atoms with Gasteiger partial charge >= 0.3 is 6.03 Å². The Kier molecular flexibility index (Phi) is 7.33.